The van der Waals surface area contributed by atoms with Crippen LogP contribution in [0.2, 0.25) is 0 Å². The van der Waals surface area contributed by atoms with E-state index in [4.69, 9.17) is 4.74 Å². The van der Waals surface area contributed by atoms with Gasteiger partial charge in [0.1, 0.15) is 23.6 Å². The van der Waals surface area contributed by atoms with Crippen molar-refractivity contribution in [1.29, 1.82) is 0 Å². The highest BCUT2D eigenvalue weighted by Gasteiger charge is 2.28. The summed E-state index contributed by atoms with van der Waals surface area (Å²) in [4.78, 5) is 20.4. The molecule has 0 saturated carbocycles. The van der Waals surface area contributed by atoms with Crippen molar-refractivity contribution < 1.29 is 17.9 Å². The standard InChI is InChI=1S/C17H20N4O4S/c1-2-25-14-5-3-12(4-6-14)21-17(22)15-9-16(19-11-18-15)20-13-7-8-26(23,24)10-13/h3-6,9,11,13H,2,7-8,10H2,1H3,(H,21,22)(H,18,19,20). The summed E-state index contributed by atoms with van der Waals surface area (Å²) < 4.78 is 28.4. The van der Waals surface area contributed by atoms with Crippen LogP contribution in [0.25, 0.3) is 0 Å². The molecular weight excluding hydrogens is 356 g/mol. The fraction of sp³-hybridized carbons (Fsp3) is 0.353. The number of carbonyl (C=O) groups excluding carboxylic acids is 1. The summed E-state index contributed by atoms with van der Waals surface area (Å²) in [6.45, 7) is 2.47. The lowest BCUT2D eigenvalue weighted by atomic mass is 10.2. The van der Waals surface area contributed by atoms with Crippen molar-refractivity contribution in [2.75, 3.05) is 28.7 Å². The Balaban J connectivity index is 1.64. The fourth-order valence-electron chi connectivity index (χ4n) is 2.67. The molecule has 0 aliphatic carbocycles. The van der Waals surface area contributed by atoms with Crippen LogP contribution in [-0.4, -0.2) is 48.4 Å². The van der Waals surface area contributed by atoms with Gasteiger partial charge < -0.3 is 15.4 Å². The molecular formula is C17H20N4O4S. The lowest BCUT2D eigenvalue weighted by molar-refractivity contribution is 0.102. The molecule has 1 aliphatic heterocycles. The number of rotatable bonds is 6. The summed E-state index contributed by atoms with van der Waals surface area (Å²) in [5.41, 5.74) is 0.811. The SMILES string of the molecule is CCOc1ccc(NC(=O)c2cc(NC3CCS(=O)(=O)C3)ncn2)cc1. The molecule has 1 unspecified atom stereocenters. The van der Waals surface area contributed by atoms with Crippen molar-refractivity contribution in [2.45, 2.75) is 19.4 Å². The smallest absolute Gasteiger partial charge is 0.274 e. The Kier molecular flexibility index (Phi) is 5.36. The second-order valence-corrected chi connectivity index (χ2v) is 8.17. The second-order valence-electron chi connectivity index (χ2n) is 5.94. The minimum atomic E-state index is -2.99. The van der Waals surface area contributed by atoms with E-state index in [0.29, 0.717) is 24.5 Å². The third-order valence-corrected chi connectivity index (χ3v) is 5.68. The molecule has 2 N–H and O–H groups in total. The Morgan fingerprint density at radius 2 is 2.04 bits per heavy atom. The summed E-state index contributed by atoms with van der Waals surface area (Å²) in [5.74, 6) is 1.02. The molecule has 1 aromatic heterocycles. The van der Waals surface area contributed by atoms with E-state index in [9.17, 15) is 13.2 Å². The largest absolute Gasteiger partial charge is 0.494 e. The molecule has 138 valence electrons. The quantitative estimate of drug-likeness (QED) is 0.790. The second kappa shape index (κ2) is 7.69. The van der Waals surface area contributed by atoms with Crippen molar-refractivity contribution in [3.05, 3.63) is 42.4 Å². The number of hydrogen-bond donors (Lipinski definition) is 2. The van der Waals surface area contributed by atoms with Crippen LogP contribution in [-0.2, 0) is 9.84 Å². The lowest BCUT2D eigenvalue weighted by Crippen LogP contribution is -2.22. The molecule has 0 bridgehead atoms. The predicted octanol–water partition coefficient (Wildman–Crippen LogP) is 1.73. The molecule has 0 spiro atoms. The van der Waals surface area contributed by atoms with Crippen molar-refractivity contribution in [2.24, 2.45) is 0 Å². The molecule has 0 radical (unpaired) electrons. The third kappa shape index (κ3) is 4.69. The molecule has 1 aliphatic rings. The van der Waals surface area contributed by atoms with Crippen molar-refractivity contribution in [3.8, 4) is 5.75 Å². The van der Waals surface area contributed by atoms with Gasteiger partial charge >= 0.3 is 0 Å². The number of sulfone groups is 1. The Hall–Kier alpha value is -2.68. The van der Waals surface area contributed by atoms with Crippen LogP contribution < -0.4 is 15.4 Å². The molecule has 1 fully saturated rings. The average Bonchev–Trinajstić information content (AvgIpc) is 2.95. The van der Waals surface area contributed by atoms with Crippen LogP contribution in [0.15, 0.2) is 36.7 Å². The molecule has 3 rings (SSSR count). The monoisotopic (exact) mass is 376 g/mol. The Morgan fingerprint density at radius 3 is 2.69 bits per heavy atom. The maximum Gasteiger partial charge on any atom is 0.274 e. The highest BCUT2D eigenvalue weighted by Crippen LogP contribution is 2.18. The number of ether oxygens (including phenoxy) is 1. The van der Waals surface area contributed by atoms with Crippen LogP contribution in [0.1, 0.15) is 23.8 Å². The molecule has 1 saturated heterocycles. The average molecular weight is 376 g/mol. The van der Waals surface area contributed by atoms with Crippen LogP contribution in [0.3, 0.4) is 0 Å². The number of nitrogens with zero attached hydrogens (tertiary/aromatic N) is 2. The van der Waals surface area contributed by atoms with Gasteiger partial charge in [0.2, 0.25) is 0 Å². The number of carbonyl (C=O) groups is 1. The highest BCUT2D eigenvalue weighted by molar-refractivity contribution is 7.91. The normalized spacial score (nSPS) is 18.3. The zero-order valence-electron chi connectivity index (χ0n) is 14.3. The van der Waals surface area contributed by atoms with Crippen molar-refractivity contribution in [1.82, 2.24) is 9.97 Å². The first-order chi connectivity index (χ1) is 12.4. The fourth-order valence-corrected chi connectivity index (χ4v) is 4.35. The van der Waals surface area contributed by atoms with Gasteiger partial charge in [-0.3, -0.25) is 4.79 Å². The minimum absolute atomic E-state index is 0.0741. The molecule has 1 amide bonds. The Morgan fingerprint density at radius 1 is 1.27 bits per heavy atom. The summed E-state index contributed by atoms with van der Waals surface area (Å²) in [6, 6.07) is 8.34. The summed E-state index contributed by atoms with van der Waals surface area (Å²) >= 11 is 0. The lowest BCUT2D eigenvalue weighted by Gasteiger charge is -2.12. The van der Waals surface area contributed by atoms with Gasteiger partial charge in [-0.15, -0.1) is 0 Å². The molecule has 1 aromatic carbocycles. The van der Waals surface area contributed by atoms with Gasteiger partial charge in [-0.2, -0.15) is 0 Å². The Labute approximate surface area is 151 Å². The number of benzene rings is 1. The molecule has 9 heteroatoms. The molecule has 1 atom stereocenters. The number of anilines is 2. The topological polar surface area (TPSA) is 110 Å². The number of amides is 1. The number of aromatic nitrogens is 2. The van der Waals surface area contributed by atoms with E-state index in [0.717, 1.165) is 5.75 Å². The zero-order valence-corrected chi connectivity index (χ0v) is 15.1. The summed E-state index contributed by atoms with van der Waals surface area (Å²) in [5, 5.41) is 5.80. The maximum atomic E-state index is 12.4. The van der Waals surface area contributed by atoms with Gasteiger partial charge in [0.15, 0.2) is 9.84 Å². The highest BCUT2D eigenvalue weighted by atomic mass is 32.2. The van der Waals surface area contributed by atoms with Gasteiger partial charge in [0, 0.05) is 17.8 Å². The minimum Gasteiger partial charge on any atom is -0.494 e. The van der Waals surface area contributed by atoms with Crippen LogP contribution in [0.5, 0.6) is 5.75 Å². The van der Waals surface area contributed by atoms with E-state index in [1.165, 1.54) is 12.4 Å². The van der Waals surface area contributed by atoms with Crippen LogP contribution >= 0.6 is 0 Å². The first-order valence-corrected chi connectivity index (χ1v) is 10.1. The first kappa shape index (κ1) is 18.1. The van der Waals surface area contributed by atoms with Crippen LogP contribution in [0, 0.1) is 0 Å². The van der Waals surface area contributed by atoms with Gasteiger partial charge in [0.25, 0.3) is 5.91 Å². The Bertz CT molecular complexity index is 884. The van der Waals surface area contributed by atoms with Crippen LogP contribution in [0.4, 0.5) is 11.5 Å². The van der Waals surface area contributed by atoms with E-state index in [-0.39, 0.29) is 29.1 Å². The molecule has 8 nitrogen and oxygen atoms in total. The zero-order chi connectivity index (χ0) is 18.6. The number of nitrogens with one attached hydrogen (secondary N) is 2. The predicted molar refractivity (Wildman–Crippen MR) is 98.3 cm³/mol. The van der Waals surface area contributed by atoms with Gasteiger partial charge in [0.05, 0.1) is 18.1 Å². The van der Waals surface area contributed by atoms with Gasteiger partial charge in [-0.1, -0.05) is 0 Å². The van der Waals surface area contributed by atoms with Gasteiger partial charge in [-0.05, 0) is 37.6 Å². The molecule has 2 heterocycles. The molecule has 26 heavy (non-hydrogen) atoms. The van der Waals surface area contributed by atoms with E-state index >= 15 is 0 Å². The third-order valence-electron chi connectivity index (χ3n) is 3.91. The van der Waals surface area contributed by atoms with E-state index in [2.05, 4.69) is 20.6 Å². The van der Waals surface area contributed by atoms with E-state index in [1.54, 1.807) is 24.3 Å². The van der Waals surface area contributed by atoms with E-state index < -0.39 is 9.84 Å². The van der Waals surface area contributed by atoms with Crippen molar-refractivity contribution in [3.63, 3.8) is 0 Å². The first-order valence-electron chi connectivity index (χ1n) is 8.28. The summed E-state index contributed by atoms with van der Waals surface area (Å²) in [6.07, 6.45) is 1.80. The molecule has 2 aromatic rings. The number of hydrogen-bond acceptors (Lipinski definition) is 7. The van der Waals surface area contributed by atoms with E-state index in [1.807, 2.05) is 6.92 Å². The van der Waals surface area contributed by atoms with Crippen molar-refractivity contribution >= 4 is 27.2 Å². The van der Waals surface area contributed by atoms with Gasteiger partial charge in [-0.25, -0.2) is 18.4 Å². The summed E-state index contributed by atoms with van der Waals surface area (Å²) in [7, 11) is -2.99. The maximum absolute atomic E-state index is 12.4.